The minimum absolute atomic E-state index is 0.221. The average molecular weight is 273 g/mol. The van der Waals surface area contributed by atoms with E-state index < -0.39 is 0 Å². The van der Waals surface area contributed by atoms with Crippen LogP contribution in [0.3, 0.4) is 0 Å². The predicted molar refractivity (Wildman–Crippen MR) is 86.7 cm³/mol. The first kappa shape index (κ1) is 16.5. The maximum atomic E-state index is 11.2. The van der Waals surface area contributed by atoms with Gasteiger partial charge >= 0.3 is 0 Å². The zero-order valence-corrected chi connectivity index (χ0v) is 13.4. The Labute approximate surface area is 123 Å². The second-order valence-electron chi connectivity index (χ2n) is 5.58. The number of rotatable bonds is 7. The van der Waals surface area contributed by atoms with Gasteiger partial charge in [-0.1, -0.05) is 44.2 Å². The fourth-order valence-corrected chi connectivity index (χ4v) is 2.31. The Kier molecular flexibility index (Phi) is 6.50. The molecule has 0 aliphatic heterocycles. The predicted octanol–water partition coefficient (Wildman–Crippen LogP) is 4.47. The van der Waals surface area contributed by atoms with Gasteiger partial charge in [-0.2, -0.15) is 0 Å². The van der Waals surface area contributed by atoms with Crippen molar-refractivity contribution in [2.75, 3.05) is 6.54 Å². The van der Waals surface area contributed by atoms with Crippen LogP contribution in [0.25, 0.3) is 5.57 Å². The Morgan fingerprint density at radius 2 is 1.90 bits per heavy atom. The molecule has 0 bridgehead atoms. The van der Waals surface area contributed by atoms with E-state index in [9.17, 15) is 4.79 Å². The first-order chi connectivity index (χ1) is 9.54. The van der Waals surface area contributed by atoms with E-state index in [2.05, 4.69) is 44.2 Å². The number of benzene rings is 1. The number of allylic oxidation sites excluding steroid dienone is 1. The maximum absolute atomic E-state index is 11.2. The molecule has 0 radical (unpaired) electrons. The molecule has 0 heterocycles. The molecule has 1 aromatic carbocycles. The Hall–Kier alpha value is -1.57. The van der Waals surface area contributed by atoms with Crippen LogP contribution < -0.4 is 0 Å². The second kappa shape index (κ2) is 7.88. The molecule has 2 nitrogen and oxygen atoms in total. The molecule has 110 valence electrons. The van der Waals surface area contributed by atoms with Gasteiger partial charge in [0.05, 0.1) is 0 Å². The van der Waals surface area contributed by atoms with E-state index >= 15 is 0 Å². The van der Waals surface area contributed by atoms with E-state index in [4.69, 9.17) is 0 Å². The van der Waals surface area contributed by atoms with Crippen LogP contribution in [0.1, 0.15) is 58.1 Å². The molecule has 0 saturated heterocycles. The lowest BCUT2D eigenvalue weighted by Gasteiger charge is -2.25. The lowest BCUT2D eigenvalue weighted by molar-refractivity contribution is -0.118. The maximum Gasteiger partial charge on any atom is 0.210 e. The molecular formula is C18H27NO. The Bertz CT molecular complexity index is 462. The first-order valence-electron chi connectivity index (χ1n) is 7.50. The van der Waals surface area contributed by atoms with Gasteiger partial charge in [-0.25, -0.2) is 0 Å². The molecule has 20 heavy (non-hydrogen) atoms. The van der Waals surface area contributed by atoms with Crippen LogP contribution in [0.15, 0.2) is 30.3 Å². The van der Waals surface area contributed by atoms with Gasteiger partial charge < -0.3 is 4.90 Å². The molecule has 0 N–H and O–H groups in total. The molecule has 0 saturated carbocycles. The molecule has 1 atom stereocenters. The van der Waals surface area contributed by atoms with Crippen molar-refractivity contribution in [3.63, 3.8) is 0 Å². The fourth-order valence-electron chi connectivity index (χ4n) is 2.31. The van der Waals surface area contributed by atoms with E-state index in [1.54, 1.807) is 0 Å². The van der Waals surface area contributed by atoms with Crippen LogP contribution in [-0.4, -0.2) is 23.9 Å². The van der Waals surface area contributed by atoms with Crippen molar-refractivity contribution in [1.29, 1.82) is 0 Å². The summed E-state index contributed by atoms with van der Waals surface area (Å²) in [6.45, 7) is 11.3. The van der Waals surface area contributed by atoms with Crippen LogP contribution in [0, 0.1) is 0 Å². The van der Waals surface area contributed by atoms with Gasteiger partial charge in [0.25, 0.3) is 0 Å². The summed E-state index contributed by atoms with van der Waals surface area (Å²) in [6, 6.07) is 8.76. The third-order valence-corrected chi connectivity index (χ3v) is 3.95. The standard InChI is InChI=1S/C18H27NO/c1-6-15(5)17-10-8-9-11-18(17)16(7-2)12-19(13-20)14(3)4/h7-11,13-15H,6,12H2,1-5H3/b16-7-. The number of nitrogens with zero attached hydrogens (tertiary/aromatic N) is 1. The van der Waals surface area contributed by atoms with Crippen molar-refractivity contribution < 1.29 is 4.79 Å². The molecule has 0 aliphatic rings. The SMILES string of the molecule is C/C=C(/CN(C=O)C(C)C)c1ccccc1C(C)CC. The van der Waals surface area contributed by atoms with Gasteiger partial charge in [-0.05, 0) is 49.8 Å². The van der Waals surface area contributed by atoms with Crippen molar-refractivity contribution in [2.24, 2.45) is 0 Å². The normalized spacial score (nSPS) is 13.4. The summed E-state index contributed by atoms with van der Waals surface area (Å²) >= 11 is 0. The van der Waals surface area contributed by atoms with Crippen molar-refractivity contribution in [2.45, 2.75) is 53.0 Å². The fraction of sp³-hybridized carbons (Fsp3) is 0.500. The highest BCUT2D eigenvalue weighted by atomic mass is 16.1. The van der Waals surface area contributed by atoms with Crippen LogP contribution >= 0.6 is 0 Å². The lowest BCUT2D eigenvalue weighted by atomic mass is 9.89. The van der Waals surface area contributed by atoms with E-state index in [1.165, 1.54) is 16.7 Å². The molecular weight excluding hydrogens is 246 g/mol. The molecule has 2 heteroatoms. The van der Waals surface area contributed by atoms with E-state index in [0.717, 1.165) is 12.8 Å². The van der Waals surface area contributed by atoms with E-state index in [0.29, 0.717) is 12.5 Å². The smallest absolute Gasteiger partial charge is 0.210 e. The molecule has 0 fully saturated rings. The highest BCUT2D eigenvalue weighted by Gasteiger charge is 2.15. The van der Waals surface area contributed by atoms with Gasteiger partial charge in [0.1, 0.15) is 0 Å². The van der Waals surface area contributed by atoms with Crippen molar-refractivity contribution in [1.82, 2.24) is 4.90 Å². The minimum Gasteiger partial charge on any atom is -0.338 e. The molecule has 1 amide bonds. The van der Waals surface area contributed by atoms with Gasteiger partial charge in [0, 0.05) is 12.6 Å². The zero-order valence-electron chi connectivity index (χ0n) is 13.4. The molecule has 0 aliphatic carbocycles. The highest BCUT2D eigenvalue weighted by molar-refractivity contribution is 5.71. The van der Waals surface area contributed by atoms with Crippen LogP contribution in [-0.2, 0) is 4.79 Å². The number of carbonyl (C=O) groups is 1. The third-order valence-electron chi connectivity index (χ3n) is 3.95. The zero-order chi connectivity index (χ0) is 15.1. The van der Waals surface area contributed by atoms with E-state index in [-0.39, 0.29) is 6.04 Å². The quantitative estimate of drug-likeness (QED) is 0.671. The monoisotopic (exact) mass is 273 g/mol. The Morgan fingerprint density at radius 1 is 1.25 bits per heavy atom. The van der Waals surface area contributed by atoms with Crippen LogP contribution in [0.2, 0.25) is 0 Å². The number of hydrogen-bond donors (Lipinski definition) is 0. The summed E-state index contributed by atoms with van der Waals surface area (Å²) in [6.07, 6.45) is 4.19. The van der Waals surface area contributed by atoms with Gasteiger partial charge in [-0.3, -0.25) is 4.79 Å². The van der Waals surface area contributed by atoms with E-state index in [1.807, 2.05) is 25.7 Å². The van der Waals surface area contributed by atoms with Crippen molar-refractivity contribution in [3.8, 4) is 0 Å². The van der Waals surface area contributed by atoms with Gasteiger partial charge in [-0.15, -0.1) is 0 Å². The summed E-state index contributed by atoms with van der Waals surface area (Å²) in [5.41, 5.74) is 3.87. The minimum atomic E-state index is 0.221. The summed E-state index contributed by atoms with van der Waals surface area (Å²) in [4.78, 5) is 13.0. The molecule has 1 unspecified atom stereocenters. The molecule has 1 rings (SSSR count). The summed E-state index contributed by atoms with van der Waals surface area (Å²) < 4.78 is 0. The highest BCUT2D eigenvalue weighted by Crippen LogP contribution is 2.28. The summed E-state index contributed by atoms with van der Waals surface area (Å²) in [5.74, 6) is 0.532. The molecule has 1 aromatic rings. The first-order valence-corrected chi connectivity index (χ1v) is 7.50. The van der Waals surface area contributed by atoms with Crippen molar-refractivity contribution >= 4 is 12.0 Å². The van der Waals surface area contributed by atoms with Crippen LogP contribution in [0.5, 0.6) is 0 Å². The molecule has 0 spiro atoms. The topological polar surface area (TPSA) is 20.3 Å². The third kappa shape index (κ3) is 3.96. The largest absolute Gasteiger partial charge is 0.338 e. The number of hydrogen-bond acceptors (Lipinski definition) is 1. The average Bonchev–Trinajstić information content (AvgIpc) is 2.47. The molecule has 0 aromatic heterocycles. The summed E-state index contributed by atoms with van der Waals surface area (Å²) in [7, 11) is 0. The Balaban J connectivity index is 3.11. The summed E-state index contributed by atoms with van der Waals surface area (Å²) in [5, 5.41) is 0. The Morgan fingerprint density at radius 3 is 2.40 bits per heavy atom. The van der Waals surface area contributed by atoms with Crippen molar-refractivity contribution in [3.05, 3.63) is 41.5 Å². The van der Waals surface area contributed by atoms with Crippen LogP contribution in [0.4, 0.5) is 0 Å². The number of carbonyl (C=O) groups excluding carboxylic acids is 1. The van der Waals surface area contributed by atoms with Gasteiger partial charge in [0.2, 0.25) is 6.41 Å². The second-order valence-corrected chi connectivity index (χ2v) is 5.58. The number of amides is 1. The lowest BCUT2D eigenvalue weighted by Crippen LogP contribution is -2.31. The van der Waals surface area contributed by atoms with Gasteiger partial charge in [0.15, 0.2) is 0 Å².